The van der Waals surface area contributed by atoms with E-state index in [1.165, 1.54) is 0 Å². The lowest BCUT2D eigenvalue weighted by Gasteiger charge is -1.80. The number of hydrogen-bond donors (Lipinski definition) is 0. The van der Waals surface area contributed by atoms with Crippen molar-refractivity contribution in [1.82, 2.24) is 0 Å². The zero-order valence-electron chi connectivity index (χ0n) is 4.86. The first kappa shape index (κ1) is 7.77. The lowest BCUT2D eigenvalue weighted by molar-refractivity contribution is 0.234. The molecule has 0 spiro atoms. The standard InChI is InChI=1S/C6H9ClO/c1-8-6-4-2-3-5-7/h3-4H,5-6H2,1H3. The van der Waals surface area contributed by atoms with Gasteiger partial charge in [0.25, 0.3) is 0 Å². The molecule has 0 aromatic heterocycles. The molecule has 8 heavy (non-hydrogen) atoms. The average Bonchev–Trinajstić information content (AvgIpc) is 1.81. The highest BCUT2D eigenvalue weighted by atomic mass is 35.5. The van der Waals surface area contributed by atoms with Crippen LogP contribution < -0.4 is 0 Å². The van der Waals surface area contributed by atoms with Crippen LogP contribution in [-0.4, -0.2) is 19.6 Å². The quantitative estimate of drug-likeness (QED) is 0.419. The van der Waals surface area contributed by atoms with E-state index < -0.39 is 0 Å². The van der Waals surface area contributed by atoms with Crippen LogP contribution in [0.3, 0.4) is 0 Å². The summed E-state index contributed by atoms with van der Waals surface area (Å²) in [5.41, 5.74) is 2.83. The van der Waals surface area contributed by atoms with Gasteiger partial charge in [-0.3, -0.25) is 0 Å². The van der Waals surface area contributed by atoms with Crippen LogP contribution in [0.25, 0.3) is 0 Å². The Morgan fingerprint density at radius 3 is 2.88 bits per heavy atom. The molecule has 0 radical (unpaired) electrons. The van der Waals surface area contributed by atoms with Crippen molar-refractivity contribution < 1.29 is 4.74 Å². The highest BCUT2D eigenvalue weighted by molar-refractivity contribution is 6.18. The van der Waals surface area contributed by atoms with Crippen molar-refractivity contribution in [3.8, 4) is 0 Å². The molecule has 0 heterocycles. The number of hydrogen-bond acceptors (Lipinski definition) is 1. The molecule has 0 fully saturated rings. The molecule has 0 unspecified atom stereocenters. The molecule has 0 saturated heterocycles. The number of alkyl halides is 1. The smallest absolute Gasteiger partial charge is 0.0717 e. The molecule has 0 aliphatic heterocycles. The molecule has 0 aliphatic rings. The maximum Gasteiger partial charge on any atom is 0.0717 e. The maximum absolute atomic E-state index is 5.30. The van der Waals surface area contributed by atoms with Gasteiger partial charge in [-0.25, -0.2) is 0 Å². The SMILES string of the molecule is COCC=C=CCCl. The van der Waals surface area contributed by atoms with Crippen LogP contribution in [0.1, 0.15) is 0 Å². The molecular weight excluding hydrogens is 124 g/mol. The largest absolute Gasteiger partial charge is 0.380 e. The van der Waals surface area contributed by atoms with Crippen molar-refractivity contribution in [2.45, 2.75) is 0 Å². The first-order chi connectivity index (χ1) is 3.91. The number of rotatable bonds is 3. The fraction of sp³-hybridized carbons (Fsp3) is 0.500. The fourth-order valence-corrected chi connectivity index (χ4v) is 0.348. The lowest BCUT2D eigenvalue weighted by atomic mass is 10.6. The molecule has 0 aromatic rings. The van der Waals surface area contributed by atoms with Crippen molar-refractivity contribution >= 4 is 11.6 Å². The van der Waals surface area contributed by atoms with Crippen LogP contribution >= 0.6 is 11.6 Å². The molecule has 0 atom stereocenters. The zero-order valence-corrected chi connectivity index (χ0v) is 5.61. The number of methoxy groups -OCH3 is 1. The number of ether oxygens (including phenoxy) is 1. The third-order valence-electron chi connectivity index (χ3n) is 0.563. The maximum atomic E-state index is 5.30. The van der Waals surface area contributed by atoms with Gasteiger partial charge < -0.3 is 4.74 Å². The van der Waals surface area contributed by atoms with E-state index in [4.69, 9.17) is 16.3 Å². The summed E-state index contributed by atoms with van der Waals surface area (Å²) in [6, 6.07) is 0. The molecule has 0 saturated carbocycles. The summed E-state index contributed by atoms with van der Waals surface area (Å²) >= 11 is 5.30. The van der Waals surface area contributed by atoms with E-state index >= 15 is 0 Å². The third kappa shape index (κ3) is 5.77. The molecule has 0 rings (SSSR count). The van der Waals surface area contributed by atoms with E-state index in [0.717, 1.165) is 0 Å². The van der Waals surface area contributed by atoms with E-state index in [9.17, 15) is 0 Å². The van der Waals surface area contributed by atoms with Gasteiger partial charge in [0.15, 0.2) is 0 Å². The van der Waals surface area contributed by atoms with Crippen molar-refractivity contribution in [1.29, 1.82) is 0 Å². The minimum absolute atomic E-state index is 0.514. The molecule has 46 valence electrons. The van der Waals surface area contributed by atoms with Gasteiger partial charge in [0.1, 0.15) is 0 Å². The van der Waals surface area contributed by atoms with Gasteiger partial charge in [-0.2, -0.15) is 0 Å². The van der Waals surface area contributed by atoms with E-state index in [2.05, 4.69) is 5.73 Å². The first-order valence-corrected chi connectivity index (χ1v) is 2.89. The predicted molar refractivity (Wildman–Crippen MR) is 35.2 cm³/mol. The van der Waals surface area contributed by atoms with Gasteiger partial charge in [0, 0.05) is 13.0 Å². The van der Waals surface area contributed by atoms with Crippen LogP contribution in [0.2, 0.25) is 0 Å². The summed E-state index contributed by atoms with van der Waals surface area (Å²) in [7, 11) is 1.64. The number of halogens is 1. The van der Waals surface area contributed by atoms with Gasteiger partial charge >= 0.3 is 0 Å². The first-order valence-electron chi connectivity index (χ1n) is 2.36. The second-order valence-electron chi connectivity index (χ2n) is 1.18. The van der Waals surface area contributed by atoms with Gasteiger partial charge in [0.2, 0.25) is 0 Å². The highest BCUT2D eigenvalue weighted by Gasteiger charge is 1.64. The zero-order chi connectivity index (χ0) is 6.24. The van der Waals surface area contributed by atoms with Crippen LogP contribution in [0.5, 0.6) is 0 Å². The van der Waals surface area contributed by atoms with Crippen molar-refractivity contribution in [2.24, 2.45) is 0 Å². The van der Waals surface area contributed by atoms with Crippen LogP contribution in [0, 0.1) is 0 Å². The molecule has 0 N–H and O–H groups in total. The van der Waals surface area contributed by atoms with E-state index in [-0.39, 0.29) is 0 Å². The third-order valence-corrected chi connectivity index (χ3v) is 0.717. The van der Waals surface area contributed by atoms with Crippen LogP contribution in [0.4, 0.5) is 0 Å². The predicted octanol–water partition coefficient (Wildman–Crippen LogP) is 1.58. The van der Waals surface area contributed by atoms with Crippen molar-refractivity contribution in [3.05, 3.63) is 17.9 Å². The molecule has 0 aromatic carbocycles. The van der Waals surface area contributed by atoms with Gasteiger partial charge in [-0.05, 0) is 12.2 Å². The Bertz CT molecular complexity index is 92.7. The Labute approximate surface area is 54.6 Å². The summed E-state index contributed by atoms with van der Waals surface area (Å²) in [6.45, 7) is 0.605. The van der Waals surface area contributed by atoms with Crippen LogP contribution in [0.15, 0.2) is 17.9 Å². The highest BCUT2D eigenvalue weighted by Crippen LogP contribution is 1.74. The van der Waals surface area contributed by atoms with E-state index in [1.54, 1.807) is 19.3 Å². The summed E-state index contributed by atoms with van der Waals surface area (Å²) in [4.78, 5) is 0. The second kappa shape index (κ2) is 6.77. The molecule has 1 nitrogen and oxygen atoms in total. The summed E-state index contributed by atoms with van der Waals surface area (Å²) in [5.74, 6) is 0.514. The molecule has 0 amide bonds. The summed E-state index contributed by atoms with van der Waals surface area (Å²) in [6.07, 6.45) is 3.52. The minimum atomic E-state index is 0.514. The van der Waals surface area contributed by atoms with Gasteiger partial charge in [-0.1, -0.05) is 0 Å². The normalized spacial score (nSPS) is 7.75. The molecular formula is C6H9ClO. The summed E-state index contributed by atoms with van der Waals surface area (Å²) in [5, 5.41) is 0. The van der Waals surface area contributed by atoms with Crippen LogP contribution in [-0.2, 0) is 4.74 Å². The monoisotopic (exact) mass is 132 g/mol. The van der Waals surface area contributed by atoms with Crippen molar-refractivity contribution in [2.75, 3.05) is 19.6 Å². The molecule has 0 aliphatic carbocycles. The van der Waals surface area contributed by atoms with Gasteiger partial charge in [0.05, 0.1) is 6.61 Å². The van der Waals surface area contributed by atoms with E-state index in [0.29, 0.717) is 12.5 Å². The lowest BCUT2D eigenvalue weighted by Crippen LogP contribution is -1.77. The average molecular weight is 133 g/mol. The Balaban J connectivity index is 3.18. The second-order valence-corrected chi connectivity index (χ2v) is 1.49. The topological polar surface area (TPSA) is 9.23 Å². The molecule has 0 bridgehead atoms. The Morgan fingerprint density at radius 2 is 2.38 bits per heavy atom. The Kier molecular flexibility index (Phi) is 6.58. The Hall–Kier alpha value is -0.230. The minimum Gasteiger partial charge on any atom is -0.380 e. The van der Waals surface area contributed by atoms with Crippen molar-refractivity contribution in [3.63, 3.8) is 0 Å². The van der Waals surface area contributed by atoms with Gasteiger partial charge in [-0.15, -0.1) is 17.3 Å². The fourth-order valence-electron chi connectivity index (χ4n) is 0.259. The summed E-state index contributed by atoms with van der Waals surface area (Å²) < 4.78 is 4.71. The Morgan fingerprint density at radius 1 is 1.62 bits per heavy atom. The molecule has 2 heteroatoms. The van der Waals surface area contributed by atoms with E-state index in [1.807, 2.05) is 0 Å².